The van der Waals surface area contributed by atoms with Crippen molar-refractivity contribution in [3.63, 3.8) is 0 Å². The fourth-order valence-corrected chi connectivity index (χ4v) is 2.12. The van der Waals surface area contributed by atoms with E-state index in [9.17, 15) is 4.39 Å². The van der Waals surface area contributed by atoms with E-state index in [1.165, 1.54) is 6.08 Å². The first-order valence-corrected chi connectivity index (χ1v) is 5.79. The number of rotatable bonds is 3. The fourth-order valence-electron chi connectivity index (χ4n) is 1.81. The van der Waals surface area contributed by atoms with E-state index in [1.54, 1.807) is 6.07 Å². The van der Waals surface area contributed by atoms with Gasteiger partial charge in [-0.1, -0.05) is 29.3 Å². The molecule has 2 atom stereocenters. The first-order valence-electron chi connectivity index (χ1n) is 5.04. The second-order valence-corrected chi connectivity index (χ2v) is 4.77. The summed E-state index contributed by atoms with van der Waals surface area (Å²) in [5, 5.41) is 9.62. The Hall–Kier alpha value is -0.570. The van der Waals surface area contributed by atoms with Crippen LogP contribution in [0.3, 0.4) is 0 Å². The highest BCUT2D eigenvalue weighted by atomic mass is 35.5. The molecule has 0 amide bonds. The lowest BCUT2D eigenvalue weighted by Gasteiger charge is -2.01. The molecule has 16 heavy (non-hydrogen) atoms. The monoisotopic (exact) mass is 260 g/mol. The molecule has 86 valence electrons. The molecule has 0 spiro atoms. The van der Waals surface area contributed by atoms with Gasteiger partial charge in [0, 0.05) is 0 Å². The number of hydrogen-bond acceptors (Lipinski definition) is 1. The molecular weight excluding hydrogens is 250 g/mol. The maximum atomic E-state index is 12.8. The molecule has 2 rings (SSSR count). The van der Waals surface area contributed by atoms with Crippen molar-refractivity contribution < 1.29 is 9.50 Å². The molecule has 4 heteroatoms. The Balaban J connectivity index is 2.09. The van der Waals surface area contributed by atoms with Crippen molar-refractivity contribution in [2.75, 3.05) is 6.61 Å². The van der Waals surface area contributed by atoms with Crippen LogP contribution in [0.4, 0.5) is 4.39 Å². The number of aliphatic hydroxyl groups excluding tert-OH is 1. The van der Waals surface area contributed by atoms with Crippen LogP contribution in [0.5, 0.6) is 0 Å². The third-order valence-electron chi connectivity index (χ3n) is 2.76. The van der Waals surface area contributed by atoms with Gasteiger partial charge in [0.05, 0.1) is 16.7 Å². The lowest BCUT2D eigenvalue weighted by Crippen LogP contribution is -1.86. The number of halogens is 3. The zero-order chi connectivity index (χ0) is 11.7. The maximum Gasteiger partial charge on any atom is 0.122 e. The molecular formula is C12H11Cl2FO. The summed E-state index contributed by atoms with van der Waals surface area (Å²) in [6, 6.07) is 5.48. The highest BCUT2D eigenvalue weighted by Crippen LogP contribution is 2.49. The van der Waals surface area contributed by atoms with Crippen LogP contribution in [0.25, 0.3) is 0 Å². The van der Waals surface area contributed by atoms with Crippen LogP contribution in [0.15, 0.2) is 30.1 Å². The van der Waals surface area contributed by atoms with Gasteiger partial charge >= 0.3 is 0 Å². The van der Waals surface area contributed by atoms with E-state index in [4.69, 9.17) is 28.3 Å². The van der Waals surface area contributed by atoms with E-state index in [0.29, 0.717) is 16.0 Å². The summed E-state index contributed by atoms with van der Waals surface area (Å²) in [6.07, 6.45) is 2.37. The molecule has 0 bridgehead atoms. The number of aliphatic hydroxyl groups is 1. The van der Waals surface area contributed by atoms with Crippen LogP contribution in [-0.2, 0) is 0 Å². The van der Waals surface area contributed by atoms with Gasteiger partial charge in [-0.2, -0.15) is 0 Å². The highest BCUT2D eigenvalue weighted by molar-refractivity contribution is 6.42. The summed E-state index contributed by atoms with van der Waals surface area (Å²) in [7, 11) is 0. The molecule has 1 aromatic rings. The Morgan fingerprint density at radius 2 is 2.19 bits per heavy atom. The van der Waals surface area contributed by atoms with E-state index >= 15 is 0 Å². The molecule has 2 unspecified atom stereocenters. The number of benzene rings is 1. The predicted octanol–water partition coefficient (Wildman–Crippen LogP) is 3.94. The lowest BCUT2D eigenvalue weighted by atomic mass is 10.1. The molecule has 0 aliphatic heterocycles. The van der Waals surface area contributed by atoms with Crippen LogP contribution >= 0.6 is 23.2 Å². The average molecular weight is 261 g/mol. The topological polar surface area (TPSA) is 20.2 Å². The largest absolute Gasteiger partial charge is 0.389 e. The van der Waals surface area contributed by atoms with Gasteiger partial charge < -0.3 is 5.11 Å². The first kappa shape index (κ1) is 11.9. The van der Waals surface area contributed by atoms with Crippen molar-refractivity contribution in [3.8, 4) is 0 Å². The Kier molecular flexibility index (Phi) is 3.53. The van der Waals surface area contributed by atoms with Crippen molar-refractivity contribution in [2.24, 2.45) is 5.92 Å². The zero-order valence-electron chi connectivity index (χ0n) is 8.46. The van der Waals surface area contributed by atoms with Crippen molar-refractivity contribution in [3.05, 3.63) is 45.7 Å². The summed E-state index contributed by atoms with van der Waals surface area (Å²) in [5.74, 6) is 0.00372. The van der Waals surface area contributed by atoms with Gasteiger partial charge in [-0.05, 0) is 42.0 Å². The van der Waals surface area contributed by atoms with E-state index in [2.05, 4.69) is 0 Å². The molecule has 1 aliphatic rings. The number of hydrogen-bond donors (Lipinski definition) is 1. The summed E-state index contributed by atoms with van der Waals surface area (Å²) in [6.45, 7) is -0.523. The molecule has 0 heterocycles. The maximum absolute atomic E-state index is 12.8. The Labute approximate surface area is 103 Å². The third-order valence-corrected chi connectivity index (χ3v) is 3.50. The summed E-state index contributed by atoms with van der Waals surface area (Å²) < 4.78 is 12.8. The molecule has 0 aromatic heterocycles. The zero-order valence-corrected chi connectivity index (χ0v) is 9.97. The van der Waals surface area contributed by atoms with Crippen molar-refractivity contribution in [1.29, 1.82) is 0 Å². The molecule has 1 fully saturated rings. The van der Waals surface area contributed by atoms with Gasteiger partial charge in [-0.3, -0.25) is 0 Å². The SMILES string of the molecule is OC/C(F)=C/C1CC1c1ccc(Cl)c(Cl)c1. The first-order chi connectivity index (χ1) is 7.61. The third kappa shape index (κ3) is 2.57. The van der Waals surface area contributed by atoms with Gasteiger partial charge in [-0.15, -0.1) is 0 Å². The molecule has 1 aromatic carbocycles. The second kappa shape index (κ2) is 4.74. The van der Waals surface area contributed by atoms with Crippen LogP contribution in [0, 0.1) is 5.92 Å². The fraction of sp³-hybridized carbons (Fsp3) is 0.333. The van der Waals surface area contributed by atoms with Gasteiger partial charge in [0.25, 0.3) is 0 Å². The predicted molar refractivity (Wildman–Crippen MR) is 63.6 cm³/mol. The summed E-state index contributed by atoms with van der Waals surface area (Å²) in [5.41, 5.74) is 1.07. The molecule has 1 saturated carbocycles. The number of allylic oxidation sites excluding steroid dienone is 1. The van der Waals surface area contributed by atoms with E-state index in [0.717, 1.165) is 12.0 Å². The van der Waals surface area contributed by atoms with Crippen LogP contribution in [0.2, 0.25) is 10.0 Å². The van der Waals surface area contributed by atoms with Crippen molar-refractivity contribution >= 4 is 23.2 Å². The van der Waals surface area contributed by atoms with Crippen molar-refractivity contribution in [1.82, 2.24) is 0 Å². The molecule has 1 aliphatic carbocycles. The quantitative estimate of drug-likeness (QED) is 0.873. The summed E-state index contributed by atoms with van der Waals surface area (Å²) in [4.78, 5) is 0. The van der Waals surface area contributed by atoms with Crippen LogP contribution in [0.1, 0.15) is 17.9 Å². The Morgan fingerprint density at radius 1 is 1.44 bits per heavy atom. The molecule has 0 radical (unpaired) electrons. The standard InChI is InChI=1S/C12H11Cl2FO/c13-11-2-1-7(5-12(11)14)10-4-8(10)3-9(15)6-16/h1-3,5,8,10,16H,4,6H2/b9-3-. The van der Waals surface area contributed by atoms with Crippen molar-refractivity contribution in [2.45, 2.75) is 12.3 Å². The van der Waals surface area contributed by atoms with Gasteiger partial charge in [0.1, 0.15) is 5.83 Å². The molecule has 0 saturated heterocycles. The van der Waals surface area contributed by atoms with Gasteiger partial charge in [0.15, 0.2) is 0 Å². The average Bonchev–Trinajstić information content (AvgIpc) is 3.01. The molecule has 1 nitrogen and oxygen atoms in total. The smallest absolute Gasteiger partial charge is 0.122 e. The summed E-state index contributed by atoms with van der Waals surface area (Å²) >= 11 is 11.7. The highest BCUT2D eigenvalue weighted by Gasteiger charge is 2.37. The second-order valence-electron chi connectivity index (χ2n) is 3.95. The Bertz CT molecular complexity index is 431. The van der Waals surface area contributed by atoms with Crippen LogP contribution < -0.4 is 0 Å². The van der Waals surface area contributed by atoms with E-state index in [1.807, 2.05) is 12.1 Å². The molecule has 1 N–H and O–H groups in total. The van der Waals surface area contributed by atoms with Gasteiger partial charge in [0.2, 0.25) is 0 Å². The van der Waals surface area contributed by atoms with E-state index in [-0.39, 0.29) is 5.92 Å². The minimum atomic E-state index is -0.523. The Morgan fingerprint density at radius 3 is 2.81 bits per heavy atom. The minimum absolute atomic E-state index is 0.171. The minimum Gasteiger partial charge on any atom is -0.389 e. The van der Waals surface area contributed by atoms with Gasteiger partial charge in [-0.25, -0.2) is 4.39 Å². The lowest BCUT2D eigenvalue weighted by molar-refractivity contribution is 0.297. The van der Waals surface area contributed by atoms with E-state index < -0.39 is 12.4 Å². The normalized spacial score (nSPS) is 24.6. The van der Waals surface area contributed by atoms with Crippen LogP contribution in [-0.4, -0.2) is 11.7 Å².